The molecular formula is C17H21Cl2NO3S. The number of carbonyl (C=O) groups excluding carboxylic acids is 1. The third-order valence-electron chi connectivity index (χ3n) is 5.58. The van der Waals surface area contributed by atoms with Crippen LogP contribution in [0.1, 0.15) is 33.3 Å². The molecule has 0 radical (unpaired) electrons. The molecule has 2 fully saturated rings. The minimum Gasteiger partial charge on any atom is -0.298 e. The largest absolute Gasteiger partial charge is 0.298 e. The van der Waals surface area contributed by atoms with Gasteiger partial charge in [0.2, 0.25) is 10.0 Å². The molecule has 1 aromatic rings. The summed E-state index contributed by atoms with van der Waals surface area (Å²) < 4.78 is 26.0. The normalized spacial score (nSPS) is 27.2. The lowest BCUT2D eigenvalue weighted by Gasteiger charge is -2.62. The second-order valence-corrected chi connectivity index (χ2v) is 11.4. The summed E-state index contributed by atoms with van der Waals surface area (Å²) in [6.45, 7) is 6.67. The lowest BCUT2D eigenvalue weighted by molar-refractivity contribution is -0.154. The van der Waals surface area contributed by atoms with Crippen molar-refractivity contribution in [2.24, 2.45) is 10.8 Å². The molecule has 0 unspecified atom stereocenters. The maximum absolute atomic E-state index is 13.2. The molecule has 24 heavy (non-hydrogen) atoms. The number of hydrogen-bond acceptors (Lipinski definition) is 3. The average molecular weight is 390 g/mol. The van der Waals surface area contributed by atoms with E-state index in [0.29, 0.717) is 0 Å². The summed E-state index contributed by atoms with van der Waals surface area (Å²) in [5.74, 6) is -0.144. The number of alkyl halides is 2. The van der Waals surface area contributed by atoms with E-state index in [0.717, 1.165) is 5.56 Å². The van der Waals surface area contributed by atoms with Gasteiger partial charge >= 0.3 is 0 Å². The van der Waals surface area contributed by atoms with Gasteiger partial charge in [-0.3, -0.25) is 4.79 Å². The highest BCUT2D eigenvalue weighted by molar-refractivity contribution is 7.92. The Balaban J connectivity index is 1.91. The van der Waals surface area contributed by atoms with Crippen molar-refractivity contribution in [1.82, 2.24) is 4.31 Å². The van der Waals surface area contributed by atoms with E-state index >= 15 is 0 Å². The quantitative estimate of drug-likeness (QED) is 0.744. The van der Waals surface area contributed by atoms with E-state index in [-0.39, 0.29) is 18.9 Å². The summed E-state index contributed by atoms with van der Waals surface area (Å²) in [5, 5.41) is 0. The third-order valence-corrected chi connectivity index (χ3v) is 10.2. The Hall–Kier alpha value is -0.620. The second kappa shape index (κ2) is 4.97. The monoisotopic (exact) mass is 389 g/mol. The average Bonchev–Trinajstić information content (AvgIpc) is 2.50. The van der Waals surface area contributed by atoms with Crippen LogP contribution in [0.4, 0.5) is 0 Å². The summed E-state index contributed by atoms with van der Waals surface area (Å²) in [7, 11) is -3.90. The number of Topliss-reactive ketones (excluding diaryl/α,β-unsaturated/α-hetero) is 1. The molecule has 2 aliphatic rings. The molecule has 1 saturated carbocycles. The number of sulfonamides is 1. The Kier molecular flexibility index (Phi) is 3.76. The van der Waals surface area contributed by atoms with Crippen LogP contribution in [0.5, 0.6) is 0 Å². The Morgan fingerprint density at radius 2 is 1.42 bits per heavy atom. The number of hydrogen-bond donors (Lipinski definition) is 0. The summed E-state index contributed by atoms with van der Waals surface area (Å²) >= 11 is 13.2. The lowest BCUT2D eigenvalue weighted by Crippen LogP contribution is -2.78. The molecule has 1 heterocycles. The number of halogens is 2. The van der Waals surface area contributed by atoms with E-state index in [4.69, 9.17) is 23.2 Å². The molecule has 7 heteroatoms. The lowest BCUT2D eigenvalue weighted by atomic mass is 9.54. The molecule has 1 aliphatic carbocycles. The molecule has 1 aliphatic heterocycles. The van der Waals surface area contributed by atoms with Crippen molar-refractivity contribution in [2.75, 3.05) is 13.1 Å². The fourth-order valence-corrected chi connectivity index (χ4v) is 7.85. The van der Waals surface area contributed by atoms with E-state index in [2.05, 4.69) is 0 Å². The van der Waals surface area contributed by atoms with Gasteiger partial charge in [0.15, 0.2) is 4.21 Å². The van der Waals surface area contributed by atoms with Gasteiger partial charge in [0, 0.05) is 13.1 Å². The minimum absolute atomic E-state index is 0.144. The molecule has 3 rings (SSSR count). The first-order chi connectivity index (χ1) is 10.8. The predicted octanol–water partition coefficient (Wildman–Crippen LogP) is 3.34. The minimum atomic E-state index is -3.90. The molecule has 0 atom stereocenters. The summed E-state index contributed by atoms with van der Waals surface area (Å²) in [5.41, 5.74) is -1.41. The molecule has 0 aromatic heterocycles. The highest BCUT2D eigenvalue weighted by Crippen LogP contribution is 2.66. The molecule has 1 aromatic carbocycles. The van der Waals surface area contributed by atoms with Gasteiger partial charge in [-0.1, -0.05) is 69.6 Å². The number of ketones is 1. The van der Waals surface area contributed by atoms with Crippen molar-refractivity contribution in [3.8, 4) is 0 Å². The van der Waals surface area contributed by atoms with Gasteiger partial charge in [-0.2, -0.15) is 4.31 Å². The van der Waals surface area contributed by atoms with Crippen LogP contribution in [0.2, 0.25) is 0 Å². The van der Waals surface area contributed by atoms with Gasteiger partial charge in [0.05, 0.1) is 15.7 Å². The molecule has 0 spiro atoms. The molecular weight excluding hydrogens is 369 g/mol. The van der Waals surface area contributed by atoms with Gasteiger partial charge in [0.25, 0.3) is 0 Å². The standard InChI is InChI=1S/C17H21Cl2NO3S/c1-14(2)13(21)15(3,4)17(14,19)24(22,23)20-10-16(18,11-20)12-8-6-5-7-9-12/h5-9H,10-11H2,1-4H3. The van der Waals surface area contributed by atoms with E-state index in [1.165, 1.54) is 4.31 Å². The van der Waals surface area contributed by atoms with Crippen LogP contribution >= 0.6 is 23.2 Å². The van der Waals surface area contributed by atoms with Crippen LogP contribution in [0, 0.1) is 10.8 Å². The topological polar surface area (TPSA) is 54.5 Å². The zero-order valence-corrected chi connectivity index (χ0v) is 16.5. The van der Waals surface area contributed by atoms with Crippen molar-refractivity contribution >= 4 is 39.0 Å². The molecule has 0 amide bonds. The highest BCUT2D eigenvalue weighted by atomic mass is 35.5. The SMILES string of the molecule is CC1(C)C(=O)C(C)(C)C1(Cl)S(=O)(=O)N1CC(Cl)(c2ccccc2)C1. The van der Waals surface area contributed by atoms with Crippen molar-refractivity contribution in [3.05, 3.63) is 35.9 Å². The van der Waals surface area contributed by atoms with E-state index in [1.807, 2.05) is 30.3 Å². The Labute approximate surface area is 153 Å². The van der Waals surface area contributed by atoms with Crippen LogP contribution in [0.15, 0.2) is 30.3 Å². The fraction of sp³-hybridized carbons (Fsp3) is 0.588. The van der Waals surface area contributed by atoms with Crippen molar-refractivity contribution in [1.29, 1.82) is 0 Å². The molecule has 1 saturated heterocycles. The predicted molar refractivity (Wildman–Crippen MR) is 95.6 cm³/mol. The molecule has 132 valence electrons. The Morgan fingerprint density at radius 3 is 1.88 bits per heavy atom. The van der Waals surface area contributed by atoms with Crippen LogP contribution in [0.3, 0.4) is 0 Å². The molecule has 0 bridgehead atoms. The van der Waals surface area contributed by atoms with Crippen LogP contribution in [-0.2, 0) is 19.7 Å². The summed E-state index contributed by atoms with van der Waals surface area (Å²) in [6.07, 6.45) is 0. The number of rotatable bonds is 3. The van der Waals surface area contributed by atoms with Gasteiger partial charge in [-0.15, -0.1) is 11.6 Å². The maximum Gasteiger partial charge on any atom is 0.236 e. The van der Waals surface area contributed by atoms with E-state index < -0.39 is 29.9 Å². The van der Waals surface area contributed by atoms with Crippen molar-refractivity contribution < 1.29 is 13.2 Å². The maximum atomic E-state index is 13.2. The van der Waals surface area contributed by atoms with Gasteiger partial charge in [0.1, 0.15) is 5.78 Å². The number of benzene rings is 1. The zero-order chi connectivity index (χ0) is 18.2. The van der Waals surface area contributed by atoms with Gasteiger partial charge in [-0.25, -0.2) is 8.42 Å². The Bertz CT molecular complexity index is 778. The van der Waals surface area contributed by atoms with Crippen molar-refractivity contribution in [2.45, 2.75) is 36.8 Å². The van der Waals surface area contributed by atoms with Crippen LogP contribution in [0.25, 0.3) is 0 Å². The van der Waals surface area contributed by atoms with E-state index in [1.54, 1.807) is 27.7 Å². The first kappa shape index (κ1) is 18.2. The highest BCUT2D eigenvalue weighted by Gasteiger charge is 2.79. The van der Waals surface area contributed by atoms with Gasteiger partial charge in [-0.05, 0) is 5.56 Å². The molecule has 0 N–H and O–H groups in total. The smallest absolute Gasteiger partial charge is 0.236 e. The first-order valence-corrected chi connectivity index (χ1v) is 10.00. The van der Waals surface area contributed by atoms with Crippen LogP contribution < -0.4 is 0 Å². The zero-order valence-electron chi connectivity index (χ0n) is 14.1. The third kappa shape index (κ3) is 1.90. The van der Waals surface area contributed by atoms with Gasteiger partial charge < -0.3 is 0 Å². The Morgan fingerprint density at radius 1 is 0.958 bits per heavy atom. The van der Waals surface area contributed by atoms with Crippen LogP contribution in [-0.4, -0.2) is 35.8 Å². The van der Waals surface area contributed by atoms with Crippen molar-refractivity contribution in [3.63, 3.8) is 0 Å². The molecule has 4 nitrogen and oxygen atoms in total. The first-order valence-electron chi connectivity index (χ1n) is 7.80. The summed E-state index contributed by atoms with van der Waals surface area (Å²) in [6, 6.07) is 9.39. The summed E-state index contributed by atoms with van der Waals surface area (Å²) in [4.78, 5) is 11.6. The second-order valence-electron chi connectivity index (χ2n) is 7.78. The fourth-order valence-electron chi connectivity index (χ4n) is 4.22. The number of nitrogens with zero attached hydrogens (tertiary/aromatic N) is 1. The number of carbonyl (C=O) groups is 1. The van der Waals surface area contributed by atoms with E-state index in [9.17, 15) is 13.2 Å².